The van der Waals surface area contributed by atoms with Crippen molar-refractivity contribution in [3.8, 4) is 0 Å². The molecule has 1 saturated carbocycles. The lowest BCUT2D eigenvalue weighted by molar-refractivity contribution is -0.140. The molecule has 0 radical (unpaired) electrons. The standard InChI is InChI=1S/C28H37Cl2N3O4S/c1-5-25(28(35)31-20-11-6-7-12-20)32(17-22-23(29)14-10-15-24(22)30)27(34)18-33(38(4,36)37)26-16-9-8-13-21(26)19(2)3/h8-10,13-16,19-20,25H,5-7,11-12,17-18H2,1-4H3,(H,31,35)/t25-/m0/s1. The fourth-order valence-electron chi connectivity index (χ4n) is 4.94. The molecule has 1 N–H and O–H groups in total. The van der Waals surface area contributed by atoms with Crippen LogP contribution in [0.1, 0.15) is 69.9 Å². The Morgan fingerprint density at radius 2 is 1.63 bits per heavy atom. The quantitative estimate of drug-likeness (QED) is 0.366. The van der Waals surface area contributed by atoms with E-state index in [-0.39, 0.29) is 24.4 Å². The van der Waals surface area contributed by atoms with E-state index in [2.05, 4.69) is 5.32 Å². The van der Waals surface area contributed by atoms with Crippen LogP contribution in [-0.4, -0.2) is 50.0 Å². The Kier molecular flexibility index (Phi) is 10.5. The molecule has 208 valence electrons. The average molecular weight is 583 g/mol. The van der Waals surface area contributed by atoms with Gasteiger partial charge in [-0.1, -0.05) is 81.1 Å². The summed E-state index contributed by atoms with van der Waals surface area (Å²) < 4.78 is 27.1. The molecule has 3 rings (SSSR count). The average Bonchev–Trinajstić information content (AvgIpc) is 3.36. The van der Waals surface area contributed by atoms with E-state index in [1.165, 1.54) is 4.90 Å². The molecule has 1 aliphatic rings. The molecule has 0 unspecified atom stereocenters. The van der Waals surface area contributed by atoms with Crippen LogP contribution in [0, 0.1) is 0 Å². The summed E-state index contributed by atoms with van der Waals surface area (Å²) in [5.74, 6) is -0.744. The van der Waals surface area contributed by atoms with E-state index < -0.39 is 28.5 Å². The van der Waals surface area contributed by atoms with Crippen LogP contribution < -0.4 is 9.62 Å². The zero-order chi connectivity index (χ0) is 28.0. The van der Waals surface area contributed by atoms with Crippen molar-refractivity contribution in [2.24, 2.45) is 0 Å². The van der Waals surface area contributed by atoms with Gasteiger partial charge in [-0.05, 0) is 48.9 Å². The number of amides is 2. The maximum atomic E-state index is 14.0. The number of hydrogen-bond acceptors (Lipinski definition) is 4. The third kappa shape index (κ3) is 7.42. The highest BCUT2D eigenvalue weighted by molar-refractivity contribution is 7.92. The molecular weight excluding hydrogens is 545 g/mol. The van der Waals surface area contributed by atoms with E-state index in [4.69, 9.17) is 23.2 Å². The van der Waals surface area contributed by atoms with Crippen LogP contribution in [0.3, 0.4) is 0 Å². The Balaban J connectivity index is 2.01. The van der Waals surface area contributed by atoms with Crippen LogP contribution in [0.5, 0.6) is 0 Å². The van der Waals surface area contributed by atoms with Gasteiger partial charge in [0, 0.05) is 28.2 Å². The third-order valence-corrected chi connectivity index (χ3v) is 8.82. The van der Waals surface area contributed by atoms with Crippen LogP contribution in [0.15, 0.2) is 42.5 Å². The zero-order valence-electron chi connectivity index (χ0n) is 22.4. The SMILES string of the molecule is CC[C@@H](C(=O)NC1CCCC1)N(Cc1c(Cl)cccc1Cl)C(=O)CN(c1ccccc1C(C)C)S(C)(=O)=O. The van der Waals surface area contributed by atoms with Gasteiger partial charge in [0.05, 0.1) is 11.9 Å². The van der Waals surface area contributed by atoms with Gasteiger partial charge in [-0.3, -0.25) is 13.9 Å². The molecule has 1 aliphatic carbocycles. The lowest BCUT2D eigenvalue weighted by Gasteiger charge is -2.34. The van der Waals surface area contributed by atoms with Crippen molar-refractivity contribution in [2.75, 3.05) is 17.1 Å². The Morgan fingerprint density at radius 3 is 2.18 bits per heavy atom. The summed E-state index contributed by atoms with van der Waals surface area (Å²) >= 11 is 12.9. The second-order valence-electron chi connectivity index (χ2n) is 10.1. The van der Waals surface area contributed by atoms with Gasteiger partial charge in [-0.2, -0.15) is 0 Å². The number of rotatable bonds is 11. The van der Waals surface area contributed by atoms with Gasteiger partial charge in [0.2, 0.25) is 21.8 Å². The Hall–Kier alpha value is -2.29. The van der Waals surface area contributed by atoms with Gasteiger partial charge in [0.25, 0.3) is 0 Å². The van der Waals surface area contributed by atoms with Gasteiger partial charge in [0.15, 0.2) is 0 Å². The molecule has 1 fully saturated rings. The number of para-hydroxylation sites is 1. The summed E-state index contributed by atoms with van der Waals surface area (Å²) in [6.45, 7) is 5.27. The number of benzene rings is 2. The van der Waals surface area contributed by atoms with Gasteiger partial charge in [-0.25, -0.2) is 8.42 Å². The number of halogens is 2. The molecule has 0 aromatic heterocycles. The summed E-state index contributed by atoms with van der Waals surface area (Å²) in [5, 5.41) is 3.82. The monoisotopic (exact) mass is 581 g/mol. The normalized spacial score (nSPS) is 14.9. The number of carbonyl (C=O) groups is 2. The molecule has 0 aliphatic heterocycles. The number of anilines is 1. The fourth-order valence-corrected chi connectivity index (χ4v) is 6.32. The van der Waals surface area contributed by atoms with E-state index in [9.17, 15) is 18.0 Å². The molecule has 38 heavy (non-hydrogen) atoms. The van der Waals surface area contributed by atoms with Crippen molar-refractivity contribution in [3.05, 3.63) is 63.6 Å². The molecule has 2 aromatic carbocycles. The Bertz CT molecular complexity index is 1230. The topological polar surface area (TPSA) is 86.8 Å². The van der Waals surface area contributed by atoms with E-state index in [1.807, 2.05) is 32.9 Å². The number of nitrogens with zero attached hydrogens (tertiary/aromatic N) is 2. The van der Waals surface area contributed by atoms with Crippen LogP contribution >= 0.6 is 23.2 Å². The smallest absolute Gasteiger partial charge is 0.244 e. The zero-order valence-corrected chi connectivity index (χ0v) is 24.7. The lowest BCUT2D eigenvalue weighted by atomic mass is 10.0. The highest BCUT2D eigenvalue weighted by atomic mass is 35.5. The Labute approximate surface area is 236 Å². The van der Waals surface area contributed by atoms with Gasteiger partial charge in [-0.15, -0.1) is 0 Å². The maximum absolute atomic E-state index is 14.0. The number of carbonyl (C=O) groups excluding carboxylic acids is 2. The van der Waals surface area contributed by atoms with Gasteiger partial charge in [0.1, 0.15) is 12.6 Å². The predicted octanol–water partition coefficient (Wildman–Crippen LogP) is 5.75. The predicted molar refractivity (Wildman–Crippen MR) is 154 cm³/mol. The minimum absolute atomic E-state index is 0.0304. The van der Waals surface area contributed by atoms with Crippen molar-refractivity contribution in [1.29, 1.82) is 0 Å². The van der Waals surface area contributed by atoms with E-state index in [0.717, 1.165) is 41.8 Å². The molecule has 7 nitrogen and oxygen atoms in total. The largest absolute Gasteiger partial charge is 0.352 e. The molecule has 2 amide bonds. The fraction of sp³-hybridized carbons (Fsp3) is 0.500. The minimum atomic E-state index is -3.83. The van der Waals surface area contributed by atoms with Crippen LogP contribution in [0.2, 0.25) is 10.0 Å². The molecule has 1 atom stereocenters. The van der Waals surface area contributed by atoms with Crippen LogP contribution in [0.4, 0.5) is 5.69 Å². The summed E-state index contributed by atoms with van der Waals surface area (Å²) in [6.07, 6.45) is 5.33. The maximum Gasteiger partial charge on any atom is 0.244 e. The van der Waals surface area contributed by atoms with Crippen molar-refractivity contribution < 1.29 is 18.0 Å². The molecule has 0 spiro atoms. The van der Waals surface area contributed by atoms with Crippen molar-refractivity contribution in [1.82, 2.24) is 10.2 Å². The highest BCUT2D eigenvalue weighted by Crippen LogP contribution is 2.31. The molecule has 0 saturated heterocycles. The first-order valence-electron chi connectivity index (χ1n) is 13.0. The summed E-state index contributed by atoms with van der Waals surface area (Å²) in [6, 6.07) is 11.4. The number of nitrogens with one attached hydrogen (secondary N) is 1. The van der Waals surface area contributed by atoms with Crippen LogP contribution in [-0.2, 0) is 26.2 Å². The minimum Gasteiger partial charge on any atom is -0.352 e. The van der Waals surface area contributed by atoms with Crippen molar-refractivity contribution in [2.45, 2.75) is 77.4 Å². The summed E-state index contributed by atoms with van der Waals surface area (Å²) in [7, 11) is -3.83. The second-order valence-corrected chi connectivity index (χ2v) is 12.8. The first-order valence-corrected chi connectivity index (χ1v) is 15.6. The third-order valence-electron chi connectivity index (χ3n) is 6.98. The number of hydrogen-bond donors (Lipinski definition) is 1. The van der Waals surface area contributed by atoms with E-state index >= 15 is 0 Å². The van der Waals surface area contributed by atoms with Gasteiger partial charge >= 0.3 is 0 Å². The molecule has 0 bridgehead atoms. The summed E-state index contributed by atoms with van der Waals surface area (Å²) in [5.41, 5.74) is 1.75. The van der Waals surface area contributed by atoms with E-state index in [0.29, 0.717) is 27.7 Å². The molecule has 0 heterocycles. The molecular formula is C28H37Cl2N3O4S. The van der Waals surface area contributed by atoms with Crippen molar-refractivity contribution in [3.63, 3.8) is 0 Å². The van der Waals surface area contributed by atoms with Crippen LogP contribution in [0.25, 0.3) is 0 Å². The highest BCUT2D eigenvalue weighted by Gasteiger charge is 2.34. The second kappa shape index (κ2) is 13.2. The molecule has 2 aromatic rings. The first kappa shape index (κ1) is 30.3. The Morgan fingerprint density at radius 1 is 1.03 bits per heavy atom. The lowest BCUT2D eigenvalue weighted by Crippen LogP contribution is -2.53. The van der Waals surface area contributed by atoms with Gasteiger partial charge < -0.3 is 10.2 Å². The number of sulfonamides is 1. The molecule has 10 heteroatoms. The van der Waals surface area contributed by atoms with Crippen molar-refractivity contribution >= 4 is 50.7 Å². The first-order chi connectivity index (χ1) is 17.9. The summed E-state index contributed by atoms with van der Waals surface area (Å²) in [4.78, 5) is 28.8. The van der Waals surface area contributed by atoms with E-state index in [1.54, 1.807) is 30.3 Å².